The molecule has 1 heterocycles. The number of hydrogen-bond donors (Lipinski definition) is 2. The highest BCUT2D eigenvalue weighted by atomic mass is 16.1. The standard InChI is InChI=1S/C26H22N2O3/c1-2-3-8-13-27-20-14-18-23(28-19-12-7-6-11-17(19)24(18)29)22-21(20)25(30)15-9-4-5-10-16(15)26(22)31/h4-7,9-12,14,27H,2-3,8,13H2,1H3,(H,28,29). The molecule has 0 aliphatic heterocycles. The number of pyridine rings is 1. The number of aromatic amines is 1. The lowest BCUT2D eigenvalue weighted by atomic mass is 9.81. The molecule has 2 N–H and O–H groups in total. The summed E-state index contributed by atoms with van der Waals surface area (Å²) in [6, 6.07) is 15.8. The van der Waals surface area contributed by atoms with Gasteiger partial charge in [-0.05, 0) is 24.6 Å². The molecule has 0 bridgehead atoms. The molecule has 0 saturated heterocycles. The lowest BCUT2D eigenvalue weighted by molar-refractivity contribution is 0.0981. The fourth-order valence-electron chi connectivity index (χ4n) is 4.41. The van der Waals surface area contributed by atoms with Crippen LogP contribution in [0.15, 0.2) is 59.4 Å². The number of para-hydroxylation sites is 1. The first-order valence-electron chi connectivity index (χ1n) is 10.7. The van der Waals surface area contributed by atoms with Crippen LogP contribution in [0.4, 0.5) is 5.69 Å². The molecule has 0 amide bonds. The molecule has 0 saturated carbocycles. The molecule has 1 aliphatic carbocycles. The molecule has 0 spiro atoms. The number of carbonyl (C=O) groups is 2. The van der Waals surface area contributed by atoms with Gasteiger partial charge in [-0.1, -0.05) is 56.2 Å². The Labute approximate surface area is 179 Å². The average molecular weight is 410 g/mol. The lowest BCUT2D eigenvalue weighted by Gasteiger charge is -2.23. The number of anilines is 1. The van der Waals surface area contributed by atoms with E-state index in [1.807, 2.05) is 18.2 Å². The number of hydrogen-bond acceptors (Lipinski definition) is 4. The van der Waals surface area contributed by atoms with Crippen molar-refractivity contribution in [1.29, 1.82) is 0 Å². The maximum Gasteiger partial charge on any atom is 0.197 e. The van der Waals surface area contributed by atoms with Crippen molar-refractivity contribution < 1.29 is 9.59 Å². The Kier molecular flexibility index (Phi) is 4.66. The molecule has 4 aromatic rings. The highest BCUT2D eigenvalue weighted by molar-refractivity contribution is 6.33. The first-order valence-corrected chi connectivity index (χ1v) is 10.7. The largest absolute Gasteiger partial charge is 0.384 e. The fraction of sp³-hybridized carbons (Fsp3) is 0.192. The van der Waals surface area contributed by atoms with Gasteiger partial charge >= 0.3 is 0 Å². The van der Waals surface area contributed by atoms with Crippen molar-refractivity contribution in [1.82, 2.24) is 4.98 Å². The van der Waals surface area contributed by atoms with Crippen LogP contribution in [0.2, 0.25) is 0 Å². The number of rotatable bonds is 5. The summed E-state index contributed by atoms with van der Waals surface area (Å²) < 4.78 is 0. The van der Waals surface area contributed by atoms with Gasteiger partial charge in [0.25, 0.3) is 0 Å². The molecule has 0 fully saturated rings. The molecule has 1 aromatic heterocycles. The quantitative estimate of drug-likeness (QED) is 0.314. The molecule has 5 nitrogen and oxygen atoms in total. The lowest BCUT2D eigenvalue weighted by Crippen LogP contribution is -2.24. The van der Waals surface area contributed by atoms with E-state index in [0.29, 0.717) is 50.7 Å². The summed E-state index contributed by atoms with van der Waals surface area (Å²) in [6.07, 6.45) is 3.08. The van der Waals surface area contributed by atoms with Crippen molar-refractivity contribution in [2.45, 2.75) is 26.2 Å². The van der Waals surface area contributed by atoms with Crippen LogP contribution in [0.3, 0.4) is 0 Å². The van der Waals surface area contributed by atoms with E-state index in [9.17, 15) is 14.4 Å². The van der Waals surface area contributed by atoms with Crippen LogP contribution in [0.5, 0.6) is 0 Å². The van der Waals surface area contributed by atoms with Crippen LogP contribution in [0.25, 0.3) is 21.8 Å². The van der Waals surface area contributed by atoms with Gasteiger partial charge in [0.05, 0.1) is 16.6 Å². The minimum atomic E-state index is -0.238. The van der Waals surface area contributed by atoms with Gasteiger partial charge in [-0.25, -0.2) is 0 Å². The summed E-state index contributed by atoms with van der Waals surface area (Å²) >= 11 is 0. The van der Waals surface area contributed by atoms with Gasteiger partial charge in [0.2, 0.25) is 0 Å². The summed E-state index contributed by atoms with van der Waals surface area (Å²) in [6.45, 7) is 2.79. The Hall–Kier alpha value is -3.73. The number of ketones is 2. The molecule has 31 heavy (non-hydrogen) atoms. The van der Waals surface area contributed by atoms with Gasteiger partial charge in [-0.15, -0.1) is 0 Å². The molecule has 0 atom stereocenters. The Balaban J connectivity index is 1.83. The van der Waals surface area contributed by atoms with Gasteiger partial charge in [0.1, 0.15) is 0 Å². The van der Waals surface area contributed by atoms with Gasteiger partial charge in [-0.2, -0.15) is 0 Å². The molecule has 0 unspecified atom stereocenters. The van der Waals surface area contributed by atoms with E-state index in [-0.39, 0.29) is 22.6 Å². The number of unbranched alkanes of at least 4 members (excludes halogenated alkanes) is 2. The first kappa shape index (κ1) is 19.2. The smallest absolute Gasteiger partial charge is 0.197 e. The average Bonchev–Trinajstić information content (AvgIpc) is 2.80. The van der Waals surface area contributed by atoms with Crippen LogP contribution < -0.4 is 10.7 Å². The summed E-state index contributed by atoms with van der Waals surface area (Å²) in [5, 5.41) is 4.30. The highest BCUT2D eigenvalue weighted by Gasteiger charge is 2.34. The number of benzene rings is 3. The maximum atomic E-state index is 13.5. The minimum absolute atomic E-state index is 0.150. The first-order chi connectivity index (χ1) is 15.1. The minimum Gasteiger partial charge on any atom is -0.384 e. The topological polar surface area (TPSA) is 79.0 Å². The maximum absolute atomic E-state index is 13.5. The Morgan fingerprint density at radius 2 is 1.48 bits per heavy atom. The van der Waals surface area contributed by atoms with E-state index in [4.69, 9.17) is 0 Å². The Morgan fingerprint density at radius 1 is 0.806 bits per heavy atom. The van der Waals surface area contributed by atoms with Crippen LogP contribution in [0.1, 0.15) is 58.0 Å². The van der Waals surface area contributed by atoms with Crippen molar-refractivity contribution in [2.24, 2.45) is 0 Å². The number of H-pyrrole nitrogens is 1. The molecule has 1 aliphatic rings. The molecular weight excluding hydrogens is 388 g/mol. The van der Waals surface area contributed by atoms with E-state index in [2.05, 4.69) is 17.2 Å². The monoisotopic (exact) mass is 410 g/mol. The zero-order valence-electron chi connectivity index (χ0n) is 17.2. The summed E-state index contributed by atoms with van der Waals surface area (Å²) in [5.41, 5.74) is 2.86. The van der Waals surface area contributed by atoms with Crippen LogP contribution in [-0.2, 0) is 0 Å². The van der Waals surface area contributed by atoms with Gasteiger partial charge in [0, 0.05) is 39.6 Å². The van der Waals surface area contributed by atoms with Gasteiger partial charge in [0.15, 0.2) is 17.0 Å². The predicted octanol–water partition coefficient (Wildman–Crippen LogP) is 5.06. The summed E-state index contributed by atoms with van der Waals surface area (Å²) in [7, 11) is 0. The number of aromatic nitrogens is 1. The SMILES string of the molecule is CCCCCNc1cc2c(=O)c3ccccc3[nH]c2c2c1C(=O)c1ccccc1C2=O. The highest BCUT2D eigenvalue weighted by Crippen LogP contribution is 2.36. The van der Waals surface area contributed by atoms with Crippen molar-refractivity contribution in [3.8, 4) is 0 Å². The summed E-state index contributed by atoms with van der Waals surface area (Å²) in [4.78, 5) is 43.6. The van der Waals surface area contributed by atoms with Crippen molar-refractivity contribution in [2.75, 3.05) is 11.9 Å². The number of fused-ring (bicyclic) bond motifs is 5. The molecule has 5 rings (SSSR count). The second-order valence-corrected chi connectivity index (χ2v) is 7.93. The van der Waals surface area contributed by atoms with Crippen molar-refractivity contribution in [3.05, 3.63) is 87.1 Å². The van der Waals surface area contributed by atoms with E-state index in [1.165, 1.54) is 0 Å². The molecule has 5 heteroatoms. The fourth-order valence-corrected chi connectivity index (χ4v) is 4.41. The third-order valence-corrected chi connectivity index (χ3v) is 5.97. The van der Waals surface area contributed by atoms with Gasteiger partial charge in [-0.3, -0.25) is 14.4 Å². The molecule has 154 valence electrons. The second-order valence-electron chi connectivity index (χ2n) is 7.93. The van der Waals surface area contributed by atoms with E-state index in [0.717, 1.165) is 19.3 Å². The van der Waals surface area contributed by atoms with Crippen LogP contribution in [0, 0.1) is 0 Å². The molecular formula is C26H22N2O3. The Bertz CT molecular complexity index is 1430. The summed E-state index contributed by atoms with van der Waals surface area (Å²) in [5.74, 6) is -0.433. The number of nitrogens with one attached hydrogen (secondary N) is 2. The molecule has 3 aromatic carbocycles. The van der Waals surface area contributed by atoms with E-state index >= 15 is 0 Å². The number of carbonyl (C=O) groups excluding carboxylic acids is 2. The normalized spacial score (nSPS) is 12.8. The third-order valence-electron chi connectivity index (χ3n) is 5.97. The third kappa shape index (κ3) is 2.96. The van der Waals surface area contributed by atoms with Crippen molar-refractivity contribution in [3.63, 3.8) is 0 Å². The zero-order chi connectivity index (χ0) is 21.5. The van der Waals surface area contributed by atoms with Crippen LogP contribution >= 0.6 is 0 Å². The Morgan fingerprint density at radius 3 is 2.23 bits per heavy atom. The van der Waals surface area contributed by atoms with E-state index in [1.54, 1.807) is 36.4 Å². The van der Waals surface area contributed by atoms with E-state index < -0.39 is 0 Å². The second kappa shape index (κ2) is 7.51. The zero-order valence-corrected chi connectivity index (χ0v) is 17.2. The predicted molar refractivity (Wildman–Crippen MR) is 123 cm³/mol. The van der Waals surface area contributed by atoms with Crippen molar-refractivity contribution >= 4 is 39.1 Å². The molecule has 0 radical (unpaired) electrons. The van der Waals surface area contributed by atoms with Crippen LogP contribution in [-0.4, -0.2) is 23.1 Å². The van der Waals surface area contributed by atoms with Gasteiger partial charge < -0.3 is 10.3 Å².